The van der Waals surface area contributed by atoms with Crippen molar-refractivity contribution in [2.24, 2.45) is 0 Å². The van der Waals surface area contributed by atoms with Crippen molar-refractivity contribution >= 4 is 17.8 Å². The topological polar surface area (TPSA) is 82.9 Å². The fourth-order valence-electron chi connectivity index (χ4n) is 4.16. The lowest BCUT2D eigenvalue weighted by Crippen LogP contribution is -3.04. The molecule has 4 amide bonds. The van der Waals surface area contributed by atoms with E-state index in [0.717, 1.165) is 37.8 Å². The maximum Gasteiger partial charge on any atom is 0.325 e. The molecule has 1 aliphatic heterocycles. The van der Waals surface area contributed by atoms with Gasteiger partial charge in [-0.2, -0.15) is 0 Å². The zero-order chi connectivity index (χ0) is 20.1. The molecule has 1 aliphatic carbocycles. The van der Waals surface area contributed by atoms with Gasteiger partial charge in [0.25, 0.3) is 5.91 Å². The van der Waals surface area contributed by atoms with Gasteiger partial charge in [-0.25, -0.2) is 4.79 Å². The number of hydrogen-bond donors (Lipinski definition) is 3. The van der Waals surface area contributed by atoms with Crippen molar-refractivity contribution in [2.45, 2.75) is 57.2 Å². The van der Waals surface area contributed by atoms with E-state index in [0.29, 0.717) is 25.9 Å². The molecule has 2 aliphatic rings. The Morgan fingerprint density at radius 3 is 2.54 bits per heavy atom. The third-order valence-electron chi connectivity index (χ3n) is 5.63. The highest BCUT2D eigenvalue weighted by molar-refractivity contribution is 6.07. The molecule has 0 bridgehead atoms. The molecule has 1 aromatic carbocycles. The van der Waals surface area contributed by atoms with Gasteiger partial charge in [0.1, 0.15) is 12.1 Å². The third kappa shape index (κ3) is 4.52. The van der Waals surface area contributed by atoms with E-state index in [1.165, 1.54) is 15.4 Å². The fraction of sp³-hybridized carbons (Fsp3) is 0.571. The molecule has 1 aromatic rings. The van der Waals surface area contributed by atoms with Crippen LogP contribution in [0.5, 0.6) is 0 Å². The van der Waals surface area contributed by atoms with Crippen LogP contribution in [0.4, 0.5) is 4.79 Å². The number of rotatable bonds is 8. The molecule has 7 heteroatoms. The number of benzene rings is 1. The molecule has 0 radical (unpaired) electrons. The maximum absolute atomic E-state index is 12.6. The van der Waals surface area contributed by atoms with Crippen molar-refractivity contribution < 1.29 is 19.3 Å². The second-order valence-corrected chi connectivity index (χ2v) is 8.21. The normalized spacial score (nSPS) is 18.2. The van der Waals surface area contributed by atoms with Crippen LogP contribution in [0.15, 0.2) is 24.3 Å². The number of carbonyl (C=O) groups excluding carboxylic acids is 3. The Bertz CT molecular complexity index is 741. The van der Waals surface area contributed by atoms with E-state index in [1.807, 2.05) is 18.2 Å². The Morgan fingerprint density at radius 2 is 1.86 bits per heavy atom. The molecule has 1 spiro atoms. The molecule has 3 rings (SSSR count). The van der Waals surface area contributed by atoms with Gasteiger partial charge in [-0.3, -0.25) is 14.5 Å². The van der Waals surface area contributed by atoms with Crippen LogP contribution < -0.4 is 15.5 Å². The molecular weight excluding hydrogens is 356 g/mol. The second-order valence-electron chi connectivity index (χ2n) is 8.21. The van der Waals surface area contributed by atoms with Gasteiger partial charge in [-0.05, 0) is 24.8 Å². The van der Waals surface area contributed by atoms with Crippen molar-refractivity contribution in [1.82, 2.24) is 15.5 Å². The Hall–Kier alpha value is -2.41. The van der Waals surface area contributed by atoms with E-state index < -0.39 is 5.54 Å². The largest absolute Gasteiger partial charge is 0.352 e. The first kappa shape index (κ1) is 20.3. The van der Waals surface area contributed by atoms with Gasteiger partial charge in [0.05, 0.1) is 14.1 Å². The smallest absolute Gasteiger partial charge is 0.325 e. The number of nitrogens with one attached hydrogen (secondary N) is 3. The Morgan fingerprint density at radius 1 is 1.18 bits per heavy atom. The van der Waals surface area contributed by atoms with Crippen molar-refractivity contribution in [3.05, 3.63) is 35.4 Å². The van der Waals surface area contributed by atoms with E-state index in [2.05, 4.69) is 30.8 Å². The lowest BCUT2D eigenvalue weighted by atomic mass is 9.98. The Balaban J connectivity index is 1.44. The highest BCUT2D eigenvalue weighted by atomic mass is 16.2. The van der Waals surface area contributed by atoms with Gasteiger partial charge in [0, 0.05) is 25.1 Å². The molecule has 1 saturated heterocycles. The summed E-state index contributed by atoms with van der Waals surface area (Å²) in [5.74, 6) is -0.176. The number of carbonyl (C=O) groups is 3. The van der Waals surface area contributed by atoms with Crippen LogP contribution in [0.25, 0.3) is 0 Å². The highest BCUT2D eigenvalue weighted by Crippen LogP contribution is 2.35. The van der Waals surface area contributed by atoms with Crippen LogP contribution in [0.3, 0.4) is 0 Å². The quantitative estimate of drug-likeness (QED) is 0.571. The van der Waals surface area contributed by atoms with Gasteiger partial charge in [0.2, 0.25) is 5.91 Å². The predicted molar refractivity (Wildman–Crippen MR) is 105 cm³/mol. The number of imide groups is 1. The number of quaternary nitrogens is 1. The molecule has 1 saturated carbocycles. The minimum atomic E-state index is -0.669. The zero-order valence-electron chi connectivity index (χ0n) is 16.8. The lowest BCUT2D eigenvalue weighted by molar-refractivity contribution is -0.872. The average Bonchev–Trinajstić information content (AvgIpc) is 3.21. The third-order valence-corrected chi connectivity index (χ3v) is 5.63. The second kappa shape index (κ2) is 8.73. The summed E-state index contributed by atoms with van der Waals surface area (Å²) in [5.41, 5.74) is 1.68. The van der Waals surface area contributed by atoms with Crippen LogP contribution in [0.2, 0.25) is 0 Å². The van der Waals surface area contributed by atoms with Gasteiger partial charge < -0.3 is 15.5 Å². The van der Waals surface area contributed by atoms with Gasteiger partial charge in [-0.15, -0.1) is 0 Å². The zero-order valence-corrected chi connectivity index (χ0v) is 16.8. The molecule has 28 heavy (non-hydrogen) atoms. The number of amides is 4. The summed E-state index contributed by atoms with van der Waals surface area (Å²) in [6, 6.07) is 7.80. The van der Waals surface area contributed by atoms with Gasteiger partial charge in [-0.1, -0.05) is 37.1 Å². The molecule has 2 fully saturated rings. The van der Waals surface area contributed by atoms with E-state index in [9.17, 15) is 14.4 Å². The Kier molecular flexibility index (Phi) is 6.34. The average molecular weight is 388 g/mol. The summed E-state index contributed by atoms with van der Waals surface area (Å²) in [6.45, 7) is 1.69. The number of nitrogens with zero attached hydrogens (tertiary/aromatic N) is 1. The van der Waals surface area contributed by atoms with E-state index in [-0.39, 0.29) is 17.8 Å². The summed E-state index contributed by atoms with van der Waals surface area (Å²) < 4.78 is 0. The monoisotopic (exact) mass is 387 g/mol. The molecule has 0 atom stereocenters. The highest BCUT2D eigenvalue weighted by Gasteiger charge is 2.51. The minimum absolute atomic E-state index is 0.0605. The summed E-state index contributed by atoms with van der Waals surface area (Å²) >= 11 is 0. The van der Waals surface area contributed by atoms with Gasteiger partial charge in [0.15, 0.2) is 0 Å². The summed E-state index contributed by atoms with van der Waals surface area (Å²) in [4.78, 5) is 39.6. The summed E-state index contributed by atoms with van der Waals surface area (Å²) in [6.07, 6.45) is 4.17. The maximum atomic E-state index is 12.6. The van der Waals surface area contributed by atoms with Crippen LogP contribution in [0.1, 0.15) is 49.7 Å². The van der Waals surface area contributed by atoms with Crippen LogP contribution in [-0.4, -0.2) is 48.9 Å². The van der Waals surface area contributed by atoms with Gasteiger partial charge >= 0.3 is 6.03 Å². The predicted octanol–water partition coefficient (Wildman–Crippen LogP) is 0.592. The van der Waals surface area contributed by atoms with Crippen LogP contribution >= 0.6 is 0 Å². The van der Waals surface area contributed by atoms with Crippen molar-refractivity contribution in [3.63, 3.8) is 0 Å². The van der Waals surface area contributed by atoms with E-state index in [4.69, 9.17) is 0 Å². The standard InChI is InChI=1S/C21H30N4O3/c1-24(2)15-17-9-4-3-8-16(17)14-22-18(26)10-7-13-25-19(27)21(23-20(25)28)11-5-6-12-21/h3-4,8-9H,5-7,10-15H2,1-2H3,(H,22,26)(H,23,28)/p+1. The van der Waals surface area contributed by atoms with Crippen molar-refractivity contribution in [2.75, 3.05) is 20.6 Å². The van der Waals surface area contributed by atoms with Crippen LogP contribution in [0, 0.1) is 0 Å². The van der Waals surface area contributed by atoms with Crippen LogP contribution in [-0.2, 0) is 22.7 Å². The number of urea groups is 1. The first-order chi connectivity index (χ1) is 13.4. The molecule has 152 valence electrons. The first-order valence-electron chi connectivity index (χ1n) is 10.2. The van der Waals surface area contributed by atoms with Crippen molar-refractivity contribution in [3.8, 4) is 0 Å². The van der Waals surface area contributed by atoms with E-state index in [1.54, 1.807) is 0 Å². The Labute approximate surface area is 166 Å². The molecule has 7 nitrogen and oxygen atoms in total. The first-order valence-corrected chi connectivity index (χ1v) is 10.2. The molecular formula is C21H31N4O3+. The molecule has 3 N–H and O–H groups in total. The lowest BCUT2D eigenvalue weighted by Gasteiger charge is -2.20. The summed E-state index contributed by atoms with van der Waals surface area (Å²) in [5, 5.41) is 5.83. The minimum Gasteiger partial charge on any atom is -0.352 e. The van der Waals surface area contributed by atoms with E-state index >= 15 is 0 Å². The SMILES string of the molecule is C[NH+](C)Cc1ccccc1CNC(=O)CCCN1C(=O)NC2(CCCC2)C1=O. The molecule has 0 unspecified atom stereocenters. The van der Waals surface area contributed by atoms with Crippen molar-refractivity contribution in [1.29, 1.82) is 0 Å². The fourth-order valence-corrected chi connectivity index (χ4v) is 4.16. The number of hydrogen-bond acceptors (Lipinski definition) is 3. The molecule has 1 heterocycles. The molecule has 0 aromatic heterocycles. The summed E-state index contributed by atoms with van der Waals surface area (Å²) in [7, 11) is 4.20.